The van der Waals surface area contributed by atoms with Gasteiger partial charge in [-0.15, -0.1) is 0 Å². The van der Waals surface area contributed by atoms with Gasteiger partial charge in [0.15, 0.2) is 0 Å². The lowest BCUT2D eigenvalue weighted by atomic mass is 10.0. The Bertz CT molecular complexity index is 476. The highest BCUT2D eigenvalue weighted by Gasteiger charge is 2.19. The van der Waals surface area contributed by atoms with E-state index in [1.54, 1.807) is 0 Å². The van der Waals surface area contributed by atoms with Gasteiger partial charge in [0.2, 0.25) is 0 Å². The molecule has 0 fully saturated rings. The SMILES string of the molecule is NC(Cc1cc(C(=O)O)c(F)cc1F)C(=O)O. The van der Waals surface area contributed by atoms with Crippen molar-refractivity contribution in [1.29, 1.82) is 0 Å². The molecule has 0 amide bonds. The van der Waals surface area contributed by atoms with Gasteiger partial charge in [0, 0.05) is 12.5 Å². The third-order valence-corrected chi connectivity index (χ3v) is 2.12. The Balaban J connectivity index is 3.12. The summed E-state index contributed by atoms with van der Waals surface area (Å²) in [6.45, 7) is 0. The number of halogens is 2. The summed E-state index contributed by atoms with van der Waals surface area (Å²) in [4.78, 5) is 21.1. The summed E-state index contributed by atoms with van der Waals surface area (Å²) in [6.07, 6.45) is -0.415. The summed E-state index contributed by atoms with van der Waals surface area (Å²) >= 11 is 0. The van der Waals surface area contributed by atoms with Gasteiger partial charge in [-0.25, -0.2) is 13.6 Å². The molecule has 0 aliphatic rings. The fraction of sp³-hybridized carbons (Fsp3) is 0.200. The van der Waals surface area contributed by atoms with Crippen molar-refractivity contribution < 1.29 is 28.6 Å². The molecule has 0 aromatic heterocycles. The Morgan fingerprint density at radius 1 is 1.24 bits per heavy atom. The van der Waals surface area contributed by atoms with E-state index in [4.69, 9.17) is 15.9 Å². The molecule has 0 aliphatic heterocycles. The third-order valence-electron chi connectivity index (χ3n) is 2.12. The van der Waals surface area contributed by atoms with Crippen molar-refractivity contribution in [2.24, 2.45) is 5.73 Å². The van der Waals surface area contributed by atoms with Gasteiger partial charge in [0.1, 0.15) is 17.7 Å². The van der Waals surface area contributed by atoms with Crippen molar-refractivity contribution in [2.75, 3.05) is 0 Å². The molecule has 1 aromatic carbocycles. The summed E-state index contributed by atoms with van der Waals surface area (Å²) in [5.74, 6) is -5.16. The minimum atomic E-state index is -1.56. The van der Waals surface area contributed by atoms with Gasteiger partial charge in [-0.05, 0) is 11.6 Å². The number of nitrogens with two attached hydrogens (primary N) is 1. The van der Waals surface area contributed by atoms with Crippen LogP contribution in [0.1, 0.15) is 15.9 Å². The van der Waals surface area contributed by atoms with Crippen molar-refractivity contribution in [3.05, 3.63) is 34.9 Å². The molecule has 0 saturated carbocycles. The molecule has 7 heteroatoms. The first-order chi connectivity index (χ1) is 7.82. The normalized spacial score (nSPS) is 12.2. The Kier molecular flexibility index (Phi) is 3.74. The number of hydrogen-bond donors (Lipinski definition) is 3. The van der Waals surface area contributed by atoms with Crippen LogP contribution in [-0.4, -0.2) is 28.2 Å². The summed E-state index contributed by atoms with van der Waals surface area (Å²) in [6, 6.07) is -0.236. The average Bonchev–Trinajstić information content (AvgIpc) is 2.21. The minimum Gasteiger partial charge on any atom is -0.480 e. The van der Waals surface area contributed by atoms with E-state index in [2.05, 4.69) is 0 Å². The van der Waals surface area contributed by atoms with E-state index in [9.17, 15) is 18.4 Å². The van der Waals surface area contributed by atoms with Crippen molar-refractivity contribution in [1.82, 2.24) is 0 Å². The van der Waals surface area contributed by atoms with Crippen LogP contribution in [0.5, 0.6) is 0 Å². The molecule has 1 rings (SSSR count). The molecule has 92 valence electrons. The zero-order valence-electron chi connectivity index (χ0n) is 8.48. The number of rotatable bonds is 4. The Labute approximate surface area is 94.5 Å². The lowest BCUT2D eigenvalue weighted by Crippen LogP contribution is -2.32. The second-order valence-electron chi connectivity index (χ2n) is 3.38. The number of carboxylic acid groups (broad SMARTS) is 2. The quantitative estimate of drug-likeness (QED) is 0.721. The van der Waals surface area contributed by atoms with Crippen LogP contribution >= 0.6 is 0 Å². The Hall–Kier alpha value is -2.02. The first kappa shape index (κ1) is 13.0. The fourth-order valence-corrected chi connectivity index (χ4v) is 1.24. The van der Waals surface area contributed by atoms with Crippen molar-refractivity contribution in [3.8, 4) is 0 Å². The fourth-order valence-electron chi connectivity index (χ4n) is 1.24. The second kappa shape index (κ2) is 4.88. The molecule has 1 aromatic rings. The number of aromatic carboxylic acids is 1. The molecule has 0 bridgehead atoms. The van der Waals surface area contributed by atoms with E-state index >= 15 is 0 Å². The zero-order valence-corrected chi connectivity index (χ0v) is 8.48. The first-order valence-corrected chi connectivity index (χ1v) is 4.52. The zero-order chi connectivity index (χ0) is 13.2. The maximum Gasteiger partial charge on any atom is 0.338 e. The summed E-state index contributed by atoms with van der Waals surface area (Å²) < 4.78 is 26.2. The predicted octanol–water partition coefficient (Wildman–Crippen LogP) is 0.617. The lowest BCUT2D eigenvalue weighted by Gasteiger charge is -2.09. The monoisotopic (exact) mass is 245 g/mol. The van der Waals surface area contributed by atoms with Crippen LogP contribution in [-0.2, 0) is 11.2 Å². The molecule has 0 aliphatic carbocycles. The summed E-state index contributed by atoms with van der Waals surface area (Å²) in [5.41, 5.74) is 4.20. The highest BCUT2D eigenvalue weighted by Crippen LogP contribution is 2.16. The third kappa shape index (κ3) is 2.97. The molecule has 4 N–H and O–H groups in total. The molecule has 0 saturated heterocycles. The van der Waals surface area contributed by atoms with Gasteiger partial charge in [-0.1, -0.05) is 0 Å². The van der Waals surface area contributed by atoms with Gasteiger partial charge >= 0.3 is 11.9 Å². The molecule has 1 atom stereocenters. The number of benzene rings is 1. The smallest absolute Gasteiger partial charge is 0.338 e. The first-order valence-electron chi connectivity index (χ1n) is 4.52. The van der Waals surface area contributed by atoms with Crippen LogP contribution in [0.25, 0.3) is 0 Å². The van der Waals surface area contributed by atoms with E-state index in [0.29, 0.717) is 6.07 Å². The van der Waals surface area contributed by atoms with Crippen molar-refractivity contribution in [3.63, 3.8) is 0 Å². The Morgan fingerprint density at radius 3 is 2.29 bits per heavy atom. The maximum absolute atomic E-state index is 13.2. The van der Waals surface area contributed by atoms with Crippen LogP contribution < -0.4 is 5.73 Å². The topological polar surface area (TPSA) is 101 Å². The summed E-state index contributed by atoms with van der Waals surface area (Å²) in [5, 5.41) is 17.1. The standard InChI is InChI=1S/C10H9F2NO4/c11-6-3-7(12)5(9(14)15)1-4(6)2-8(13)10(16)17/h1,3,8H,2,13H2,(H,14,15)(H,16,17). The average molecular weight is 245 g/mol. The van der Waals surface area contributed by atoms with Gasteiger partial charge in [-0.3, -0.25) is 4.79 Å². The molecule has 17 heavy (non-hydrogen) atoms. The van der Waals surface area contributed by atoms with Crippen LogP contribution in [0, 0.1) is 11.6 Å². The molecular formula is C10H9F2NO4. The van der Waals surface area contributed by atoms with Gasteiger partial charge in [0.25, 0.3) is 0 Å². The van der Waals surface area contributed by atoms with Crippen LogP contribution in [0.3, 0.4) is 0 Å². The Morgan fingerprint density at radius 2 is 1.82 bits per heavy atom. The van der Waals surface area contributed by atoms with Crippen molar-refractivity contribution in [2.45, 2.75) is 12.5 Å². The highest BCUT2D eigenvalue weighted by atomic mass is 19.1. The van der Waals surface area contributed by atoms with Crippen LogP contribution in [0.2, 0.25) is 0 Å². The van der Waals surface area contributed by atoms with E-state index in [-0.39, 0.29) is 5.56 Å². The van der Waals surface area contributed by atoms with E-state index in [1.165, 1.54) is 0 Å². The largest absolute Gasteiger partial charge is 0.480 e. The number of hydrogen-bond acceptors (Lipinski definition) is 3. The lowest BCUT2D eigenvalue weighted by molar-refractivity contribution is -0.138. The number of aliphatic carboxylic acids is 1. The predicted molar refractivity (Wildman–Crippen MR) is 52.6 cm³/mol. The van der Waals surface area contributed by atoms with Crippen molar-refractivity contribution >= 4 is 11.9 Å². The van der Waals surface area contributed by atoms with Gasteiger partial charge < -0.3 is 15.9 Å². The molecular weight excluding hydrogens is 236 g/mol. The van der Waals surface area contributed by atoms with E-state index < -0.39 is 41.6 Å². The molecule has 1 unspecified atom stereocenters. The van der Waals surface area contributed by atoms with E-state index in [1.807, 2.05) is 0 Å². The number of carbonyl (C=O) groups is 2. The molecule has 0 radical (unpaired) electrons. The maximum atomic E-state index is 13.2. The van der Waals surface area contributed by atoms with Crippen LogP contribution in [0.15, 0.2) is 12.1 Å². The van der Waals surface area contributed by atoms with E-state index in [0.717, 1.165) is 6.07 Å². The van der Waals surface area contributed by atoms with Crippen LogP contribution in [0.4, 0.5) is 8.78 Å². The molecule has 0 heterocycles. The summed E-state index contributed by atoms with van der Waals surface area (Å²) in [7, 11) is 0. The molecule has 5 nitrogen and oxygen atoms in total. The highest BCUT2D eigenvalue weighted by molar-refractivity contribution is 5.88. The number of carboxylic acids is 2. The minimum absolute atomic E-state index is 0.251. The molecule has 0 spiro atoms. The van der Waals surface area contributed by atoms with Gasteiger partial charge in [0.05, 0.1) is 5.56 Å². The van der Waals surface area contributed by atoms with Gasteiger partial charge in [-0.2, -0.15) is 0 Å². The second-order valence-corrected chi connectivity index (χ2v) is 3.38.